The number of hydrogen-bond donors (Lipinski definition) is 2. The van der Waals surface area contributed by atoms with Crippen LogP contribution in [0.2, 0.25) is 5.02 Å². The number of hydrazone groups is 1. The van der Waals surface area contributed by atoms with Crippen LogP contribution in [0.4, 0.5) is 5.69 Å². The monoisotopic (exact) mass is 405 g/mol. The molecule has 0 aliphatic heterocycles. The summed E-state index contributed by atoms with van der Waals surface area (Å²) < 4.78 is 5.75. The minimum atomic E-state index is -0.488. The molecule has 0 aliphatic rings. The highest BCUT2D eigenvalue weighted by atomic mass is 35.5. The van der Waals surface area contributed by atoms with Gasteiger partial charge in [0.25, 0.3) is 11.6 Å². The Kier molecular flexibility index (Phi) is 5.24. The number of aromatic hydroxyl groups is 1. The second kappa shape index (κ2) is 7.60. The Morgan fingerprint density at radius 2 is 2.15 bits per heavy atom. The first-order valence-corrected chi connectivity index (χ1v) is 8.66. The number of phenols is 1. The molecule has 0 saturated carbocycles. The van der Waals surface area contributed by atoms with E-state index in [4.69, 9.17) is 16.3 Å². The van der Waals surface area contributed by atoms with Crippen molar-refractivity contribution in [2.45, 2.75) is 0 Å². The predicted molar refractivity (Wildman–Crippen MR) is 103 cm³/mol. The number of methoxy groups -OCH3 is 1. The minimum absolute atomic E-state index is 0.0385. The van der Waals surface area contributed by atoms with Crippen LogP contribution in [-0.4, -0.2) is 29.3 Å². The zero-order chi connectivity index (χ0) is 19.6. The van der Waals surface area contributed by atoms with Gasteiger partial charge in [0.1, 0.15) is 0 Å². The molecule has 0 bridgehead atoms. The molecule has 8 nitrogen and oxygen atoms in total. The molecule has 2 N–H and O–H groups in total. The number of fused-ring (bicyclic) bond motifs is 1. The van der Waals surface area contributed by atoms with Crippen LogP contribution in [0.1, 0.15) is 15.2 Å². The van der Waals surface area contributed by atoms with Gasteiger partial charge in [0.15, 0.2) is 11.5 Å². The Labute approximate surface area is 161 Å². The van der Waals surface area contributed by atoms with Crippen LogP contribution >= 0.6 is 22.9 Å². The Balaban J connectivity index is 1.76. The second-order valence-corrected chi connectivity index (χ2v) is 6.83. The highest BCUT2D eigenvalue weighted by Gasteiger charge is 2.13. The fourth-order valence-corrected chi connectivity index (χ4v) is 3.45. The van der Waals surface area contributed by atoms with Crippen LogP contribution in [0.25, 0.3) is 10.1 Å². The number of amides is 1. The van der Waals surface area contributed by atoms with Crippen LogP contribution in [0, 0.1) is 10.1 Å². The summed E-state index contributed by atoms with van der Waals surface area (Å²) >= 11 is 7.09. The SMILES string of the molecule is COc1cc(C=NNC(=O)c2cc3cc([N+](=O)[O-])ccc3s2)cc(Cl)c1O. The molecular weight excluding hydrogens is 394 g/mol. The summed E-state index contributed by atoms with van der Waals surface area (Å²) in [5.74, 6) is -0.451. The van der Waals surface area contributed by atoms with Gasteiger partial charge in [-0.1, -0.05) is 11.6 Å². The normalized spacial score (nSPS) is 11.0. The minimum Gasteiger partial charge on any atom is -0.503 e. The van der Waals surface area contributed by atoms with Gasteiger partial charge < -0.3 is 9.84 Å². The molecule has 0 radical (unpaired) electrons. The molecule has 0 fully saturated rings. The van der Waals surface area contributed by atoms with E-state index >= 15 is 0 Å². The van der Waals surface area contributed by atoms with E-state index in [0.717, 1.165) is 4.70 Å². The highest BCUT2D eigenvalue weighted by molar-refractivity contribution is 7.20. The van der Waals surface area contributed by atoms with E-state index in [0.29, 0.717) is 15.8 Å². The number of nitrogens with zero attached hydrogens (tertiary/aromatic N) is 2. The number of ether oxygens (including phenoxy) is 1. The fourth-order valence-electron chi connectivity index (χ4n) is 2.30. The van der Waals surface area contributed by atoms with Gasteiger partial charge in [0.2, 0.25) is 0 Å². The molecule has 0 spiro atoms. The van der Waals surface area contributed by atoms with Crippen LogP contribution in [0.15, 0.2) is 41.5 Å². The molecule has 3 rings (SSSR count). The zero-order valence-electron chi connectivity index (χ0n) is 13.8. The molecule has 1 heterocycles. The molecule has 0 aliphatic carbocycles. The van der Waals surface area contributed by atoms with Gasteiger partial charge in [0, 0.05) is 22.2 Å². The second-order valence-electron chi connectivity index (χ2n) is 5.34. The van der Waals surface area contributed by atoms with Crippen molar-refractivity contribution in [2.75, 3.05) is 7.11 Å². The number of halogens is 1. The van der Waals surface area contributed by atoms with Crippen molar-refractivity contribution >= 4 is 50.8 Å². The lowest BCUT2D eigenvalue weighted by molar-refractivity contribution is -0.384. The number of carbonyl (C=O) groups is 1. The molecule has 3 aromatic rings. The Morgan fingerprint density at radius 3 is 2.85 bits per heavy atom. The van der Waals surface area contributed by atoms with Gasteiger partial charge in [-0.2, -0.15) is 5.10 Å². The van der Waals surface area contributed by atoms with Crippen molar-refractivity contribution in [3.05, 3.63) is 62.0 Å². The third-order valence-electron chi connectivity index (χ3n) is 3.58. The molecule has 0 atom stereocenters. The Bertz CT molecular complexity index is 1080. The first kappa shape index (κ1) is 18.6. The maximum absolute atomic E-state index is 12.2. The molecule has 0 saturated heterocycles. The standard InChI is InChI=1S/C17H12ClN3O5S/c1-26-13-5-9(4-12(18)16(13)22)8-19-20-17(23)15-7-10-6-11(21(24)25)2-3-14(10)27-15/h2-8,22H,1H3,(H,20,23). The van der Waals surface area contributed by atoms with Crippen molar-refractivity contribution in [2.24, 2.45) is 5.10 Å². The van der Waals surface area contributed by atoms with Gasteiger partial charge in [-0.05, 0) is 29.8 Å². The maximum atomic E-state index is 12.2. The number of thiophene rings is 1. The Hall–Kier alpha value is -3.17. The van der Waals surface area contributed by atoms with Crippen molar-refractivity contribution < 1.29 is 19.6 Å². The molecule has 2 aromatic carbocycles. The number of nitro groups is 1. The number of hydrogen-bond acceptors (Lipinski definition) is 7. The van der Waals surface area contributed by atoms with Gasteiger partial charge in [0.05, 0.1) is 28.1 Å². The zero-order valence-corrected chi connectivity index (χ0v) is 15.4. The first-order chi connectivity index (χ1) is 12.9. The summed E-state index contributed by atoms with van der Waals surface area (Å²) in [4.78, 5) is 22.9. The van der Waals surface area contributed by atoms with E-state index in [1.54, 1.807) is 12.1 Å². The van der Waals surface area contributed by atoms with Crippen molar-refractivity contribution in [3.63, 3.8) is 0 Å². The van der Waals surface area contributed by atoms with E-state index in [1.165, 1.54) is 48.9 Å². The first-order valence-electron chi connectivity index (χ1n) is 7.47. The fraction of sp³-hybridized carbons (Fsp3) is 0.0588. The summed E-state index contributed by atoms with van der Waals surface area (Å²) in [6.07, 6.45) is 1.35. The van der Waals surface area contributed by atoms with Crippen molar-refractivity contribution in [1.29, 1.82) is 0 Å². The summed E-state index contributed by atoms with van der Waals surface area (Å²) in [6.45, 7) is 0. The van der Waals surface area contributed by atoms with Gasteiger partial charge in [-0.3, -0.25) is 14.9 Å². The van der Waals surface area contributed by atoms with E-state index in [1.807, 2.05) is 0 Å². The quantitative estimate of drug-likeness (QED) is 0.379. The number of benzene rings is 2. The lowest BCUT2D eigenvalue weighted by atomic mass is 10.2. The molecule has 10 heteroatoms. The topological polar surface area (TPSA) is 114 Å². The number of non-ortho nitro benzene ring substituents is 1. The van der Waals surface area contributed by atoms with Gasteiger partial charge >= 0.3 is 0 Å². The average molecular weight is 406 g/mol. The van der Waals surface area contributed by atoms with Crippen LogP contribution in [0.3, 0.4) is 0 Å². The summed E-state index contributed by atoms with van der Waals surface area (Å²) in [7, 11) is 1.39. The van der Waals surface area contributed by atoms with E-state index in [-0.39, 0.29) is 22.2 Å². The molecule has 27 heavy (non-hydrogen) atoms. The van der Waals surface area contributed by atoms with Crippen molar-refractivity contribution in [1.82, 2.24) is 5.43 Å². The van der Waals surface area contributed by atoms with E-state index in [2.05, 4.69) is 10.5 Å². The van der Waals surface area contributed by atoms with Crippen LogP contribution < -0.4 is 10.2 Å². The number of nitro benzene ring substituents is 1. The van der Waals surface area contributed by atoms with Gasteiger partial charge in [-0.25, -0.2) is 5.43 Å². The number of phenolic OH excluding ortho intramolecular Hbond substituents is 1. The lowest BCUT2D eigenvalue weighted by Crippen LogP contribution is -2.16. The molecule has 1 amide bonds. The molecule has 1 aromatic heterocycles. The Morgan fingerprint density at radius 1 is 1.37 bits per heavy atom. The largest absolute Gasteiger partial charge is 0.503 e. The van der Waals surface area contributed by atoms with Gasteiger partial charge in [-0.15, -0.1) is 11.3 Å². The summed E-state index contributed by atoms with van der Waals surface area (Å²) in [5, 5.41) is 25.1. The predicted octanol–water partition coefficient (Wildman–Crippen LogP) is 3.94. The summed E-state index contributed by atoms with van der Waals surface area (Å²) in [6, 6.07) is 8.95. The third-order valence-corrected chi connectivity index (χ3v) is 4.99. The highest BCUT2D eigenvalue weighted by Crippen LogP contribution is 2.34. The van der Waals surface area contributed by atoms with Crippen LogP contribution in [-0.2, 0) is 0 Å². The maximum Gasteiger partial charge on any atom is 0.281 e. The average Bonchev–Trinajstić information content (AvgIpc) is 3.07. The number of carbonyl (C=O) groups excluding carboxylic acids is 1. The molecule has 0 unspecified atom stereocenters. The van der Waals surface area contributed by atoms with Crippen LogP contribution in [0.5, 0.6) is 11.5 Å². The van der Waals surface area contributed by atoms with E-state index < -0.39 is 10.8 Å². The molecular formula is C17H12ClN3O5S. The molecule has 138 valence electrons. The lowest BCUT2D eigenvalue weighted by Gasteiger charge is -2.05. The number of rotatable bonds is 5. The number of nitrogens with one attached hydrogen (secondary N) is 1. The van der Waals surface area contributed by atoms with E-state index in [9.17, 15) is 20.0 Å². The smallest absolute Gasteiger partial charge is 0.281 e. The summed E-state index contributed by atoms with van der Waals surface area (Å²) in [5.41, 5.74) is 2.86. The van der Waals surface area contributed by atoms with Crippen molar-refractivity contribution in [3.8, 4) is 11.5 Å². The third kappa shape index (κ3) is 3.99.